The van der Waals surface area contributed by atoms with Crippen molar-refractivity contribution in [1.82, 2.24) is 4.98 Å². The number of hydrogen-bond donors (Lipinski definition) is 2. The van der Waals surface area contributed by atoms with E-state index in [1.807, 2.05) is 6.07 Å². The Bertz CT molecular complexity index is 692. The fourth-order valence-corrected chi connectivity index (χ4v) is 1.68. The molecule has 0 saturated carbocycles. The van der Waals surface area contributed by atoms with Gasteiger partial charge in [0.05, 0.1) is 30.1 Å². The van der Waals surface area contributed by atoms with Crippen molar-refractivity contribution in [3.63, 3.8) is 0 Å². The van der Waals surface area contributed by atoms with Crippen LogP contribution in [0.4, 0.5) is 11.4 Å². The van der Waals surface area contributed by atoms with Gasteiger partial charge in [0, 0.05) is 11.9 Å². The quantitative estimate of drug-likeness (QED) is 0.826. The summed E-state index contributed by atoms with van der Waals surface area (Å²) in [5, 5.41) is 11.7. The van der Waals surface area contributed by atoms with Crippen LogP contribution in [0.2, 0.25) is 0 Å². The average Bonchev–Trinajstić information content (AvgIpc) is 2.48. The van der Waals surface area contributed by atoms with Gasteiger partial charge in [-0.3, -0.25) is 9.78 Å². The predicted octanol–water partition coefficient (Wildman–Crippen LogP) is 1.80. The van der Waals surface area contributed by atoms with E-state index < -0.39 is 0 Å². The number of anilines is 2. The summed E-state index contributed by atoms with van der Waals surface area (Å²) >= 11 is 0. The average molecular weight is 268 g/mol. The smallest absolute Gasteiger partial charge is 0.259 e. The SMILES string of the molecule is COc1cnccc1C(=O)Nc1ccc(N)cc1C#N. The molecule has 0 spiro atoms. The van der Waals surface area contributed by atoms with Crippen LogP contribution < -0.4 is 15.8 Å². The number of methoxy groups -OCH3 is 1. The molecule has 0 aliphatic rings. The van der Waals surface area contributed by atoms with Crippen molar-refractivity contribution in [3.8, 4) is 11.8 Å². The van der Waals surface area contributed by atoms with Crippen molar-refractivity contribution in [1.29, 1.82) is 5.26 Å². The highest BCUT2D eigenvalue weighted by atomic mass is 16.5. The van der Waals surface area contributed by atoms with Gasteiger partial charge in [-0.05, 0) is 24.3 Å². The van der Waals surface area contributed by atoms with Crippen molar-refractivity contribution < 1.29 is 9.53 Å². The summed E-state index contributed by atoms with van der Waals surface area (Å²) in [6, 6.07) is 8.22. The van der Waals surface area contributed by atoms with Crippen LogP contribution in [0, 0.1) is 11.3 Å². The monoisotopic (exact) mass is 268 g/mol. The molecule has 2 aromatic rings. The number of carbonyl (C=O) groups excluding carboxylic acids is 1. The molecule has 0 radical (unpaired) electrons. The molecule has 0 bridgehead atoms. The first-order valence-electron chi connectivity index (χ1n) is 5.74. The molecular formula is C14H12N4O2. The third-order valence-corrected chi connectivity index (χ3v) is 2.66. The van der Waals surface area contributed by atoms with E-state index in [0.29, 0.717) is 28.3 Å². The van der Waals surface area contributed by atoms with Crippen LogP contribution in [-0.4, -0.2) is 18.0 Å². The van der Waals surface area contributed by atoms with Crippen molar-refractivity contribution in [2.24, 2.45) is 0 Å². The summed E-state index contributed by atoms with van der Waals surface area (Å²) in [6.45, 7) is 0. The summed E-state index contributed by atoms with van der Waals surface area (Å²) in [4.78, 5) is 16.1. The van der Waals surface area contributed by atoms with Gasteiger partial charge in [0.25, 0.3) is 5.91 Å². The van der Waals surface area contributed by atoms with Gasteiger partial charge in [-0.25, -0.2) is 0 Å². The van der Waals surface area contributed by atoms with E-state index in [-0.39, 0.29) is 5.91 Å². The maximum Gasteiger partial charge on any atom is 0.259 e. The fraction of sp³-hybridized carbons (Fsp3) is 0.0714. The van der Waals surface area contributed by atoms with Crippen LogP contribution >= 0.6 is 0 Å². The van der Waals surface area contributed by atoms with Crippen molar-refractivity contribution in [3.05, 3.63) is 47.8 Å². The van der Waals surface area contributed by atoms with Crippen LogP contribution in [0.5, 0.6) is 5.75 Å². The van der Waals surface area contributed by atoms with Gasteiger partial charge in [-0.1, -0.05) is 0 Å². The normalized spacial score (nSPS) is 9.60. The van der Waals surface area contributed by atoms with Crippen molar-refractivity contribution >= 4 is 17.3 Å². The number of nitrogen functional groups attached to an aromatic ring is 1. The van der Waals surface area contributed by atoms with Gasteiger partial charge in [0.15, 0.2) is 0 Å². The first-order chi connectivity index (χ1) is 9.65. The molecule has 20 heavy (non-hydrogen) atoms. The highest BCUT2D eigenvalue weighted by Gasteiger charge is 2.13. The van der Waals surface area contributed by atoms with Gasteiger partial charge in [0.2, 0.25) is 0 Å². The molecule has 0 unspecified atom stereocenters. The van der Waals surface area contributed by atoms with E-state index in [9.17, 15) is 4.79 Å². The Morgan fingerprint density at radius 3 is 2.95 bits per heavy atom. The van der Waals surface area contributed by atoms with E-state index in [0.717, 1.165) is 0 Å². The van der Waals surface area contributed by atoms with Crippen LogP contribution in [0.15, 0.2) is 36.7 Å². The topological polar surface area (TPSA) is 101 Å². The number of nitriles is 1. The second-order valence-electron chi connectivity index (χ2n) is 3.95. The number of ether oxygens (including phenoxy) is 1. The van der Waals surface area contributed by atoms with Crippen molar-refractivity contribution in [2.75, 3.05) is 18.2 Å². The molecule has 100 valence electrons. The third-order valence-electron chi connectivity index (χ3n) is 2.66. The molecule has 6 nitrogen and oxygen atoms in total. The number of carbonyl (C=O) groups is 1. The molecular weight excluding hydrogens is 256 g/mol. The molecule has 0 atom stereocenters. The summed E-state index contributed by atoms with van der Waals surface area (Å²) in [7, 11) is 1.46. The number of nitrogens with one attached hydrogen (secondary N) is 1. The zero-order valence-corrected chi connectivity index (χ0v) is 10.8. The minimum atomic E-state index is -0.384. The van der Waals surface area contributed by atoms with Crippen LogP contribution in [0.25, 0.3) is 0 Å². The summed E-state index contributed by atoms with van der Waals surface area (Å²) in [5.74, 6) is -0.0236. The Morgan fingerprint density at radius 2 is 2.25 bits per heavy atom. The van der Waals surface area contributed by atoms with Gasteiger partial charge in [-0.2, -0.15) is 5.26 Å². The summed E-state index contributed by atoms with van der Waals surface area (Å²) in [6.07, 6.45) is 2.94. The molecule has 1 aromatic heterocycles. The predicted molar refractivity (Wildman–Crippen MR) is 74.3 cm³/mol. The molecule has 6 heteroatoms. The van der Waals surface area contributed by atoms with Crippen LogP contribution in [0.1, 0.15) is 15.9 Å². The standard InChI is InChI=1S/C14H12N4O2/c1-20-13-8-17-5-4-11(13)14(19)18-12-3-2-10(16)6-9(12)7-15/h2-6,8H,16H2,1H3,(H,18,19). The maximum absolute atomic E-state index is 12.2. The van der Waals surface area contributed by atoms with E-state index in [1.165, 1.54) is 31.6 Å². The molecule has 0 saturated heterocycles. The largest absolute Gasteiger partial charge is 0.494 e. The number of benzene rings is 1. The summed E-state index contributed by atoms with van der Waals surface area (Å²) in [5.41, 5.74) is 7.09. The zero-order chi connectivity index (χ0) is 14.5. The molecule has 0 aliphatic heterocycles. The third kappa shape index (κ3) is 2.67. The van der Waals surface area contributed by atoms with Gasteiger partial charge in [0.1, 0.15) is 11.8 Å². The Labute approximate surface area is 115 Å². The first kappa shape index (κ1) is 13.4. The summed E-state index contributed by atoms with van der Waals surface area (Å²) < 4.78 is 5.07. The fourth-order valence-electron chi connectivity index (χ4n) is 1.68. The number of nitrogens with two attached hydrogens (primary N) is 1. The Morgan fingerprint density at radius 1 is 1.45 bits per heavy atom. The van der Waals surface area contributed by atoms with E-state index in [2.05, 4.69) is 10.3 Å². The Kier molecular flexibility index (Phi) is 3.82. The molecule has 1 amide bonds. The number of aromatic nitrogens is 1. The van der Waals surface area contributed by atoms with Gasteiger partial charge in [-0.15, -0.1) is 0 Å². The minimum absolute atomic E-state index is 0.298. The second kappa shape index (κ2) is 5.71. The molecule has 1 heterocycles. The molecule has 0 fully saturated rings. The van der Waals surface area contributed by atoms with Gasteiger partial charge >= 0.3 is 0 Å². The number of pyridine rings is 1. The first-order valence-corrected chi connectivity index (χ1v) is 5.74. The minimum Gasteiger partial charge on any atom is -0.494 e. The lowest BCUT2D eigenvalue weighted by Crippen LogP contribution is -2.14. The highest BCUT2D eigenvalue weighted by molar-refractivity contribution is 6.06. The lowest BCUT2D eigenvalue weighted by atomic mass is 10.1. The molecule has 1 aromatic carbocycles. The van der Waals surface area contributed by atoms with Crippen LogP contribution in [-0.2, 0) is 0 Å². The second-order valence-corrected chi connectivity index (χ2v) is 3.95. The van der Waals surface area contributed by atoms with E-state index in [4.69, 9.17) is 15.7 Å². The number of amides is 1. The Hall–Kier alpha value is -3.07. The number of nitrogens with zero attached hydrogens (tertiary/aromatic N) is 2. The Balaban J connectivity index is 2.31. The number of hydrogen-bond acceptors (Lipinski definition) is 5. The van der Waals surface area contributed by atoms with E-state index in [1.54, 1.807) is 12.1 Å². The number of rotatable bonds is 3. The van der Waals surface area contributed by atoms with Crippen LogP contribution in [0.3, 0.4) is 0 Å². The molecule has 2 rings (SSSR count). The highest BCUT2D eigenvalue weighted by Crippen LogP contribution is 2.21. The van der Waals surface area contributed by atoms with Gasteiger partial charge < -0.3 is 15.8 Å². The lowest BCUT2D eigenvalue weighted by molar-refractivity contribution is 0.102. The maximum atomic E-state index is 12.2. The van der Waals surface area contributed by atoms with E-state index >= 15 is 0 Å². The lowest BCUT2D eigenvalue weighted by Gasteiger charge is -2.10. The molecule has 0 aliphatic carbocycles. The zero-order valence-electron chi connectivity index (χ0n) is 10.8. The molecule has 3 N–H and O–H groups in total. The van der Waals surface area contributed by atoms with Crippen molar-refractivity contribution in [2.45, 2.75) is 0 Å².